The number of carbonyl (C=O) groups is 2. The van der Waals surface area contributed by atoms with Gasteiger partial charge in [0.05, 0.1) is 0 Å². The van der Waals surface area contributed by atoms with E-state index in [0.29, 0.717) is 11.3 Å². The quantitative estimate of drug-likeness (QED) is 0.884. The van der Waals surface area contributed by atoms with E-state index < -0.39 is 0 Å². The topological polar surface area (TPSA) is 55.9 Å². The van der Waals surface area contributed by atoms with Gasteiger partial charge < -0.3 is 20.0 Å². The van der Waals surface area contributed by atoms with Crippen molar-refractivity contribution in [3.8, 4) is 0 Å². The van der Waals surface area contributed by atoms with Crippen LogP contribution in [0, 0.1) is 12.3 Å². The van der Waals surface area contributed by atoms with Crippen molar-refractivity contribution in [2.24, 2.45) is 5.41 Å². The first-order valence-corrected chi connectivity index (χ1v) is 9.37. The van der Waals surface area contributed by atoms with Gasteiger partial charge in [0, 0.05) is 50.4 Å². The van der Waals surface area contributed by atoms with Crippen molar-refractivity contribution in [2.45, 2.75) is 26.2 Å². The first-order chi connectivity index (χ1) is 12.3. The van der Waals surface area contributed by atoms with Gasteiger partial charge >= 0.3 is 6.03 Å². The molecule has 2 aliphatic heterocycles. The lowest BCUT2D eigenvalue weighted by Crippen LogP contribution is -2.48. The van der Waals surface area contributed by atoms with Crippen LogP contribution in [0.1, 0.15) is 35.2 Å². The second-order valence-electron chi connectivity index (χ2n) is 8.12. The molecule has 0 bridgehead atoms. The van der Waals surface area contributed by atoms with Gasteiger partial charge in [-0.15, -0.1) is 0 Å². The number of nitrogens with zero attached hydrogens (tertiary/aromatic N) is 3. The van der Waals surface area contributed by atoms with Crippen LogP contribution < -0.4 is 5.32 Å². The average molecular weight is 358 g/mol. The maximum Gasteiger partial charge on any atom is 0.321 e. The number of hydrogen-bond acceptors (Lipinski definition) is 3. The molecule has 1 spiro atoms. The highest BCUT2D eigenvalue weighted by atomic mass is 16.2. The molecule has 2 saturated heterocycles. The monoisotopic (exact) mass is 358 g/mol. The molecule has 1 atom stereocenters. The number of nitrogens with one attached hydrogen (secondary N) is 1. The van der Waals surface area contributed by atoms with Crippen LogP contribution in [0.5, 0.6) is 0 Å². The molecule has 2 aliphatic rings. The van der Waals surface area contributed by atoms with Gasteiger partial charge in [-0.1, -0.05) is 6.07 Å². The summed E-state index contributed by atoms with van der Waals surface area (Å²) in [6.45, 7) is 5.69. The maximum atomic E-state index is 12.9. The molecule has 1 N–H and O–H groups in total. The van der Waals surface area contributed by atoms with E-state index in [2.05, 4.69) is 17.3 Å². The van der Waals surface area contributed by atoms with Gasteiger partial charge in [-0.2, -0.15) is 0 Å². The van der Waals surface area contributed by atoms with Crippen molar-refractivity contribution in [1.29, 1.82) is 0 Å². The summed E-state index contributed by atoms with van der Waals surface area (Å²) in [5, 5.41) is 3.03. The first-order valence-electron chi connectivity index (χ1n) is 9.37. The summed E-state index contributed by atoms with van der Waals surface area (Å²) in [6, 6.07) is 5.43. The summed E-state index contributed by atoms with van der Waals surface area (Å²) < 4.78 is 0. The van der Waals surface area contributed by atoms with Crippen molar-refractivity contribution >= 4 is 17.6 Å². The zero-order chi connectivity index (χ0) is 18.9. The van der Waals surface area contributed by atoms with Gasteiger partial charge in [-0.25, -0.2) is 4.79 Å². The van der Waals surface area contributed by atoms with Crippen LogP contribution in [0.25, 0.3) is 0 Å². The maximum absolute atomic E-state index is 12.9. The Balaban J connectivity index is 1.72. The average Bonchev–Trinajstić information content (AvgIpc) is 2.96. The number of hydrogen-bond donors (Lipinski definition) is 1. The van der Waals surface area contributed by atoms with Gasteiger partial charge in [-0.05, 0) is 57.5 Å². The zero-order valence-corrected chi connectivity index (χ0v) is 16.3. The molecule has 0 aromatic heterocycles. The third-order valence-electron chi connectivity index (χ3n) is 5.79. The van der Waals surface area contributed by atoms with Crippen LogP contribution in [0.15, 0.2) is 18.2 Å². The van der Waals surface area contributed by atoms with E-state index in [1.807, 2.05) is 24.0 Å². The number of carbonyl (C=O) groups excluding carboxylic acids is 2. The molecule has 26 heavy (non-hydrogen) atoms. The minimum Gasteiger partial charge on any atom is -0.345 e. The fourth-order valence-corrected chi connectivity index (χ4v) is 4.31. The first kappa shape index (κ1) is 18.7. The number of anilines is 1. The lowest BCUT2D eigenvalue weighted by molar-refractivity contribution is 0.0827. The summed E-state index contributed by atoms with van der Waals surface area (Å²) in [4.78, 5) is 31.0. The minimum absolute atomic E-state index is 0.0514. The molecule has 1 aromatic rings. The Hall–Kier alpha value is -2.08. The van der Waals surface area contributed by atoms with E-state index in [0.717, 1.165) is 38.2 Å². The lowest BCUT2D eigenvalue weighted by Gasteiger charge is -2.40. The van der Waals surface area contributed by atoms with Crippen LogP contribution in [0.2, 0.25) is 0 Å². The molecule has 2 heterocycles. The molecular formula is C20H30N4O2. The molecule has 0 unspecified atom stereocenters. The summed E-state index contributed by atoms with van der Waals surface area (Å²) in [7, 11) is 5.63. The third-order valence-corrected chi connectivity index (χ3v) is 5.79. The molecule has 1 aromatic carbocycles. The number of amides is 3. The van der Waals surface area contributed by atoms with E-state index in [9.17, 15) is 9.59 Å². The molecule has 6 heteroatoms. The Morgan fingerprint density at radius 2 is 1.92 bits per heavy atom. The number of rotatable bonds is 2. The standard InChI is InChI=1S/C20H30N4O2/c1-15-16(18(25)22(2)3)7-5-8-17(15)21-19(26)24-11-6-9-20(14-24)10-12-23(4)13-20/h5,7-8H,6,9-14H2,1-4H3,(H,21,26)/t20-/m1/s1. The van der Waals surface area contributed by atoms with Crippen molar-refractivity contribution in [2.75, 3.05) is 52.6 Å². The predicted molar refractivity (Wildman–Crippen MR) is 104 cm³/mol. The minimum atomic E-state index is -0.0591. The lowest BCUT2D eigenvalue weighted by atomic mass is 9.79. The summed E-state index contributed by atoms with van der Waals surface area (Å²) >= 11 is 0. The number of benzene rings is 1. The van der Waals surface area contributed by atoms with Gasteiger partial charge in [0.1, 0.15) is 0 Å². The van der Waals surface area contributed by atoms with E-state index in [4.69, 9.17) is 0 Å². The van der Waals surface area contributed by atoms with E-state index >= 15 is 0 Å². The SMILES string of the molecule is Cc1c(NC(=O)N2CCC[C@]3(CCN(C)C3)C2)cccc1C(=O)N(C)C. The molecule has 142 valence electrons. The van der Waals surface area contributed by atoms with E-state index in [1.165, 1.54) is 12.8 Å². The largest absolute Gasteiger partial charge is 0.345 e. The Kier molecular flexibility index (Phi) is 5.23. The molecule has 0 saturated carbocycles. The number of urea groups is 1. The van der Waals surface area contributed by atoms with Gasteiger partial charge in [0.25, 0.3) is 5.91 Å². The highest BCUT2D eigenvalue weighted by Crippen LogP contribution is 2.38. The fourth-order valence-electron chi connectivity index (χ4n) is 4.31. The van der Waals surface area contributed by atoms with Crippen LogP contribution in [-0.4, -0.2) is 74.0 Å². The molecule has 6 nitrogen and oxygen atoms in total. The van der Waals surface area contributed by atoms with Crippen molar-refractivity contribution in [1.82, 2.24) is 14.7 Å². The smallest absolute Gasteiger partial charge is 0.321 e. The Morgan fingerprint density at radius 3 is 2.58 bits per heavy atom. The van der Waals surface area contributed by atoms with Crippen LogP contribution in [0.3, 0.4) is 0 Å². The van der Waals surface area contributed by atoms with E-state index in [1.54, 1.807) is 25.1 Å². The van der Waals surface area contributed by atoms with Gasteiger partial charge in [-0.3, -0.25) is 4.79 Å². The van der Waals surface area contributed by atoms with Crippen LogP contribution in [0.4, 0.5) is 10.5 Å². The highest BCUT2D eigenvalue weighted by Gasteiger charge is 2.41. The fraction of sp³-hybridized carbons (Fsp3) is 0.600. The Bertz CT molecular complexity index is 699. The van der Waals surface area contributed by atoms with Gasteiger partial charge in [0.2, 0.25) is 0 Å². The second-order valence-corrected chi connectivity index (χ2v) is 8.12. The van der Waals surface area contributed by atoms with Crippen molar-refractivity contribution in [3.63, 3.8) is 0 Å². The van der Waals surface area contributed by atoms with Crippen LogP contribution >= 0.6 is 0 Å². The molecular weight excluding hydrogens is 328 g/mol. The second kappa shape index (κ2) is 7.27. The van der Waals surface area contributed by atoms with Crippen molar-refractivity contribution < 1.29 is 9.59 Å². The highest BCUT2D eigenvalue weighted by molar-refractivity contribution is 5.98. The summed E-state index contributed by atoms with van der Waals surface area (Å²) in [6.07, 6.45) is 3.42. The van der Waals surface area contributed by atoms with Crippen LogP contribution in [-0.2, 0) is 0 Å². The van der Waals surface area contributed by atoms with Crippen molar-refractivity contribution in [3.05, 3.63) is 29.3 Å². The third kappa shape index (κ3) is 3.70. The summed E-state index contributed by atoms with van der Waals surface area (Å²) in [5.41, 5.74) is 2.40. The van der Waals surface area contributed by atoms with E-state index in [-0.39, 0.29) is 17.4 Å². The number of likely N-dealkylation sites (tertiary alicyclic amines) is 2. The Morgan fingerprint density at radius 1 is 1.15 bits per heavy atom. The molecule has 3 amide bonds. The Labute approximate surface area is 156 Å². The molecule has 0 radical (unpaired) electrons. The predicted octanol–water partition coefficient (Wildman–Crippen LogP) is 2.65. The van der Waals surface area contributed by atoms with Gasteiger partial charge in [0.15, 0.2) is 0 Å². The molecule has 0 aliphatic carbocycles. The number of piperidine rings is 1. The molecule has 3 rings (SSSR count). The molecule has 2 fully saturated rings. The zero-order valence-electron chi connectivity index (χ0n) is 16.3. The summed E-state index contributed by atoms with van der Waals surface area (Å²) in [5.74, 6) is -0.0514. The normalized spacial score (nSPS) is 23.3.